The molecule has 5 atom stereocenters. The van der Waals surface area contributed by atoms with Gasteiger partial charge in [-0.15, -0.1) is 0 Å². The third kappa shape index (κ3) is 3.46. The second-order valence-electron chi connectivity index (χ2n) is 8.53. The van der Waals surface area contributed by atoms with Crippen LogP contribution < -0.4 is 0 Å². The van der Waals surface area contributed by atoms with E-state index in [4.69, 9.17) is 9.47 Å². The fourth-order valence-electron chi connectivity index (χ4n) is 4.89. The highest BCUT2D eigenvalue weighted by atomic mass is 16.6. The molecule has 1 heterocycles. The number of unbranched alkanes of at least 4 members (excludes halogenated alkanes) is 3. The normalized spacial score (nSPS) is 33.8. The lowest BCUT2D eigenvalue weighted by Gasteiger charge is -2.30. The van der Waals surface area contributed by atoms with Crippen LogP contribution in [0, 0.1) is 23.7 Å². The first-order valence-corrected chi connectivity index (χ1v) is 9.62. The lowest BCUT2D eigenvalue weighted by molar-refractivity contribution is -0.890. The van der Waals surface area contributed by atoms with E-state index in [1.54, 1.807) is 0 Å². The molecule has 0 radical (unpaired) electrons. The van der Waals surface area contributed by atoms with Crippen LogP contribution in [0.3, 0.4) is 0 Å². The van der Waals surface area contributed by atoms with Crippen molar-refractivity contribution in [2.45, 2.75) is 51.6 Å². The van der Waals surface area contributed by atoms with Crippen LogP contribution in [0.2, 0.25) is 0 Å². The molecule has 3 rings (SSSR count). The molecule has 5 heteroatoms. The maximum Gasteiger partial charge on any atom is 0.310 e. The van der Waals surface area contributed by atoms with Gasteiger partial charge in [0.1, 0.15) is 19.3 Å². The number of hydrogen-bond acceptors (Lipinski definition) is 4. The maximum atomic E-state index is 12.5. The summed E-state index contributed by atoms with van der Waals surface area (Å²) in [6.45, 7) is 4.61. The predicted molar refractivity (Wildman–Crippen MR) is 90.0 cm³/mol. The van der Waals surface area contributed by atoms with Gasteiger partial charge in [0.2, 0.25) is 0 Å². The fraction of sp³-hybridized carbons (Fsp3) is 0.895. The number of esters is 2. The Kier molecular flexibility index (Phi) is 5.19. The van der Waals surface area contributed by atoms with Crippen molar-refractivity contribution in [2.24, 2.45) is 23.7 Å². The second kappa shape index (κ2) is 7.03. The highest BCUT2D eigenvalue weighted by molar-refractivity contribution is 5.85. The van der Waals surface area contributed by atoms with E-state index in [0.717, 1.165) is 30.4 Å². The van der Waals surface area contributed by atoms with Gasteiger partial charge < -0.3 is 14.0 Å². The molecule has 0 aromatic heterocycles. The van der Waals surface area contributed by atoms with E-state index in [2.05, 4.69) is 21.0 Å². The van der Waals surface area contributed by atoms with Gasteiger partial charge in [-0.3, -0.25) is 9.59 Å². The molecule has 0 aromatic carbocycles. The SMILES string of the molecule is CCCCCC[N+](C)(C)CCOC(=O)[C@H]1[C@H]2C[C@@H]3[C@@H]1C(=O)O[C@@H]3C2. The zero-order chi connectivity index (χ0) is 17.3. The Labute approximate surface area is 145 Å². The summed E-state index contributed by atoms with van der Waals surface area (Å²) in [5, 5.41) is 0. The Bertz CT molecular complexity index is 488. The minimum Gasteiger partial charge on any atom is -0.462 e. The Morgan fingerprint density at radius 2 is 2.00 bits per heavy atom. The van der Waals surface area contributed by atoms with Crippen molar-refractivity contribution in [1.29, 1.82) is 0 Å². The van der Waals surface area contributed by atoms with Crippen molar-refractivity contribution in [2.75, 3.05) is 33.8 Å². The van der Waals surface area contributed by atoms with Crippen LogP contribution in [0.5, 0.6) is 0 Å². The topological polar surface area (TPSA) is 52.6 Å². The average Bonchev–Trinajstić information content (AvgIpc) is 3.13. The van der Waals surface area contributed by atoms with Crippen molar-refractivity contribution in [3.05, 3.63) is 0 Å². The van der Waals surface area contributed by atoms with E-state index < -0.39 is 0 Å². The third-order valence-electron chi connectivity index (χ3n) is 6.31. The minimum atomic E-state index is -0.249. The van der Waals surface area contributed by atoms with Crippen LogP contribution in [-0.2, 0) is 19.1 Å². The molecule has 0 N–H and O–H groups in total. The first kappa shape index (κ1) is 17.7. The quantitative estimate of drug-likeness (QED) is 0.368. The van der Waals surface area contributed by atoms with Gasteiger partial charge in [0.15, 0.2) is 0 Å². The molecule has 0 unspecified atom stereocenters. The van der Waals surface area contributed by atoms with E-state index in [1.807, 2.05) is 0 Å². The molecule has 0 aromatic rings. The van der Waals surface area contributed by atoms with Gasteiger partial charge >= 0.3 is 11.9 Å². The van der Waals surface area contributed by atoms with Crippen LogP contribution in [-0.4, -0.2) is 56.3 Å². The fourth-order valence-corrected chi connectivity index (χ4v) is 4.89. The maximum absolute atomic E-state index is 12.5. The number of carbonyl (C=O) groups is 2. The molecule has 3 fully saturated rings. The van der Waals surface area contributed by atoms with Crippen LogP contribution in [0.1, 0.15) is 45.4 Å². The first-order chi connectivity index (χ1) is 11.4. The summed E-state index contributed by atoms with van der Waals surface area (Å²) in [5.41, 5.74) is 0. The molecule has 2 bridgehead atoms. The number of carbonyl (C=O) groups excluding carboxylic acids is 2. The molecule has 2 aliphatic carbocycles. The highest BCUT2D eigenvalue weighted by Gasteiger charge is 2.64. The van der Waals surface area contributed by atoms with Gasteiger partial charge in [-0.2, -0.15) is 0 Å². The van der Waals surface area contributed by atoms with Crippen molar-refractivity contribution < 1.29 is 23.5 Å². The van der Waals surface area contributed by atoms with E-state index in [1.165, 1.54) is 25.7 Å². The zero-order valence-corrected chi connectivity index (χ0v) is 15.3. The standard InChI is InChI=1S/C19H32NO4/c1-4-5-6-7-8-20(2,3)9-10-23-18(21)16-13-11-14-15(12-13)24-19(22)17(14)16/h13-17H,4-12H2,1-3H3/q+1/t13-,14-,15+,16-,17-/m0/s1. The Morgan fingerprint density at radius 1 is 1.21 bits per heavy atom. The van der Waals surface area contributed by atoms with Crippen LogP contribution in [0.25, 0.3) is 0 Å². The van der Waals surface area contributed by atoms with Gasteiger partial charge in [-0.25, -0.2) is 0 Å². The Balaban J connectivity index is 1.42. The van der Waals surface area contributed by atoms with Crippen LogP contribution >= 0.6 is 0 Å². The Morgan fingerprint density at radius 3 is 2.75 bits per heavy atom. The largest absolute Gasteiger partial charge is 0.462 e. The molecule has 2 saturated carbocycles. The summed E-state index contributed by atoms with van der Waals surface area (Å²) in [6, 6.07) is 0. The van der Waals surface area contributed by atoms with Gasteiger partial charge in [-0.1, -0.05) is 19.8 Å². The van der Waals surface area contributed by atoms with Crippen LogP contribution in [0.15, 0.2) is 0 Å². The monoisotopic (exact) mass is 338 g/mol. The molecule has 24 heavy (non-hydrogen) atoms. The molecule has 0 spiro atoms. The van der Waals surface area contributed by atoms with Crippen molar-refractivity contribution in [3.63, 3.8) is 0 Å². The summed E-state index contributed by atoms with van der Waals surface area (Å²) in [5.74, 6) is -0.250. The van der Waals surface area contributed by atoms with Gasteiger partial charge in [0.05, 0.1) is 32.5 Å². The number of hydrogen-bond donors (Lipinski definition) is 0. The van der Waals surface area contributed by atoms with Crippen molar-refractivity contribution >= 4 is 11.9 Å². The lowest BCUT2D eigenvalue weighted by atomic mass is 9.80. The van der Waals surface area contributed by atoms with Gasteiger partial charge in [0.25, 0.3) is 0 Å². The molecule has 0 amide bonds. The highest BCUT2D eigenvalue weighted by Crippen LogP contribution is 2.57. The average molecular weight is 338 g/mol. The molecule has 1 saturated heterocycles. The van der Waals surface area contributed by atoms with E-state index in [9.17, 15) is 9.59 Å². The molecule has 3 aliphatic rings. The smallest absolute Gasteiger partial charge is 0.310 e. The predicted octanol–water partition coefficient (Wildman–Crippen LogP) is 2.38. The van der Waals surface area contributed by atoms with E-state index >= 15 is 0 Å². The number of quaternary nitrogens is 1. The summed E-state index contributed by atoms with van der Waals surface area (Å²) >= 11 is 0. The molecular weight excluding hydrogens is 306 g/mol. The summed E-state index contributed by atoms with van der Waals surface area (Å²) < 4.78 is 11.8. The van der Waals surface area contributed by atoms with E-state index in [0.29, 0.717) is 12.5 Å². The molecule has 5 nitrogen and oxygen atoms in total. The van der Waals surface area contributed by atoms with E-state index in [-0.39, 0.29) is 35.8 Å². The van der Waals surface area contributed by atoms with Gasteiger partial charge in [-0.05, 0) is 31.6 Å². The molecular formula is C19H32NO4+. The van der Waals surface area contributed by atoms with Crippen LogP contribution in [0.4, 0.5) is 0 Å². The number of likely N-dealkylation sites (N-methyl/N-ethyl adjacent to an activating group) is 1. The molecule has 136 valence electrons. The minimum absolute atomic E-state index is 0.0790. The lowest BCUT2D eigenvalue weighted by Crippen LogP contribution is -2.44. The summed E-state index contributed by atoms with van der Waals surface area (Å²) in [4.78, 5) is 24.5. The number of ether oxygens (including phenoxy) is 2. The Hall–Kier alpha value is -1.10. The number of rotatable bonds is 9. The number of fused-ring (bicyclic) bond motifs is 1. The second-order valence-corrected chi connectivity index (χ2v) is 8.53. The summed E-state index contributed by atoms with van der Waals surface area (Å²) in [6.07, 6.45) is 6.92. The number of nitrogens with zero attached hydrogens (tertiary/aromatic N) is 1. The zero-order valence-electron chi connectivity index (χ0n) is 15.3. The van der Waals surface area contributed by atoms with Gasteiger partial charge in [0, 0.05) is 5.92 Å². The molecule has 1 aliphatic heterocycles. The third-order valence-corrected chi connectivity index (χ3v) is 6.31. The van der Waals surface area contributed by atoms with Crippen molar-refractivity contribution in [1.82, 2.24) is 0 Å². The first-order valence-electron chi connectivity index (χ1n) is 9.62. The van der Waals surface area contributed by atoms with Crippen molar-refractivity contribution in [3.8, 4) is 0 Å². The summed E-state index contributed by atoms with van der Waals surface area (Å²) in [7, 11) is 4.38.